The number of aliphatic hydroxyl groups excluding tert-OH is 1. The Morgan fingerprint density at radius 1 is 1.64 bits per heavy atom. The first-order valence-corrected chi connectivity index (χ1v) is 4.36. The number of nitrogens with one attached hydrogen (secondary N) is 1. The lowest BCUT2D eigenvalue weighted by atomic mass is 10.0. The second-order valence-corrected chi connectivity index (χ2v) is 3.30. The minimum Gasteiger partial charge on any atom is -0.395 e. The molecule has 0 saturated carbocycles. The average molecular weight is 201 g/mol. The first-order chi connectivity index (χ1) is 6.58. The van der Waals surface area contributed by atoms with Crippen LogP contribution < -0.4 is 16.8 Å². The molecule has 0 spiro atoms. The molecule has 0 saturated heterocycles. The van der Waals surface area contributed by atoms with Gasteiger partial charge < -0.3 is 21.9 Å². The largest absolute Gasteiger partial charge is 0.395 e. The highest BCUT2D eigenvalue weighted by Crippen LogP contribution is 2.14. The molecule has 80 valence electrons. The van der Waals surface area contributed by atoms with Gasteiger partial charge in [-0.15, -0.1) is 0 Å². The molecule has 1 atom stereocenters. The van der Waals surface area contributed by atoms with Gasteiger partial charge >= 0.3 is 0 Å². The monoisotopic (exact) mass is 201 g/mol. The van der Waals surface area contributed by atoms with Gasteiger partial charge in [0.25, 0.3) is 0 Å². The molecular formula is C7H15N5O2. The number of carbonyl (C=O) groups is 1. The molecule has 7 nitrogen and oxygen atoms in total. The van der Waals surface area contributed by atoms with E-state index < -0.39 is 11.7 Å². The average Bonchev–Trinajstić information content (AvgIpc) is 2.45. The second kappa shape index (κ2) is 4.56. The van der Waals surface area contributed by atoms with Crippen LogP contribution in [-0.4, -0.2) is 48.8 Å². The minimum absolute atomic E-state index is 0.0180. The predicted molar refractivity (Wildman–Crippen MR) is 49.6 cm³/mol. The summed E-state index contributed by atoms with van der Waals surface area (Å²) in [6, 6.07) is -0.770. The lowest BCUT2D eigenvalue weighted by Gasteiger charge is -2.21. The molecule has 1 unspecified atom stereocenters. The van der Waals surface area contributed by atoms with Gasteiger partial charge in [0.2, 0.25) is 0 Å². The number of azo groups is 1. The molecule has 0 aromatic rings. The van der Waals surface area contributed by atoms with Crippen molar-refractivity contribution in [2.75, 3.05) is 26.2 Å². The van der Waals surface area contributed by atoms with E-state index in [4.69, 9.17) is 16.6 Å². The molecule has 1 aliphatic heterocycles. The number of aliphatic hydroxyl groups is 1. The molecule has 0 bridgehead atoms. The fourth-order valence-electron chi connectivity index (χ4n) is 1.19. The lowest BCUT2D eigenvalue weighted by Crippen LogP contribution is -2.61. The van der Waals surface area contributed by atoms with Gasteiger partial charge in [-0.25, -0.2) is 0 Å². The van der Waals surface area contributed by atoms with Crippen LogP contribution in [-0.2, 0) is 4.79 Å². The van der Waals surface area contributed by atoms with Crippen LogP contribution in [0, 0.1) is 0 Å². The molecule has 1 aliphatic rings. The molecule has 7 heteroatoms. The smallest absolute Gasteiger partial charge is 0.176 e. The lowest BCUT2D eigenvalue weighted by molar-refractivity contribution is -0.120. The Hall–Kier alpha value is -0.890. The van der Waals surface area contributed by atoms with Crippen molar-refractivity contribution >= 4 is 5.78 Å². The molecule has 0 radical (unpaired) electrons. The molecule has 0 amide bonds. The maximum atomic E-state index is 11.5. The maximum absolute atomic E-state index is 11.5. The summed E-state index contributed by atoms with van der Waals surface area (Å²) < 4.78 is 0. The summed E-state index contributed by atoms with van der Waals surface area (Å²) in [7, 11) is 0. The third kappa shape index (κ3) is 2.55. The van der Waals surface area contributed by atoms with Gasteiger partial charge in [-0.3, -0.25) is 4.79 Å². The molecule has 0 aromatic carbocycles. The molecule has 6 N–H and O–H groups in total. The highest BCUT2D eigenvalue weighted by atomic mass is 16.3. The number of rotatable bonds is 5. The number of nitrogens with two attached hydrogens (primary N) is 2. The molecule has 1 heterocycles. The van der Waals surface area contributed by atoms with E-state index in [2.05, 4.69) is 15.5 Å². The second-order valence-electron chi connectivity index (χ2n) is 3.30. The van der Waals surface area contributed by atoms with Gasteiger partial charge in [-0.1, -0.05) is 0 Å². The van der Waals surface area contributed by atoms with Crippen molar-refractivity contribution in [3.63, 3.8) is 0 Å². The normalized spacial score (nSPS) is 24.1. The SMILES string of the molecule is NC1(N)CN=NC1C(=O)CNCCO. The third-order valence-corrected chi connectivity index (χ3v) is 1.94. The van der Waals surface area contributed by atoms with E-state index in [0.29, 0.717) is 6.54 Å². The summed E-state index contributed by atoms with van der Waals surface area (Å²) in [5.74, 6) is -0.204. The van der Waals surface area contributed by atoms with E-state index in [-0.39, 0.29) is 25.5 Å². The summed E-state index contributed by atoms with van der Waals surface area (Å²) in [6.45, 7) is 0.609. The number of carbonyl (C=O) groups excluding carboxylic acids is 1. The highest BCUT2D eigenvalue weighted by Gasteiger charge is 2.40. The van der Waals surface area contributed by atoms with Gasteiger partial charge in [-0.05, 0) is 0 Å². The first-order valence-electron chi connectivity index (χ1n) is 4.36. The number of nitrogens with zero attached hydrogens (tertiary/aromatic N) is 2. The zero-order valence-electron chi connectivity index (χ0n) is 7.81. The van der Waals surface area contributed by atoms with Crippen molar-refractivity contribution < 1.29 is 9.90 Å². The number of hydrogen-bond acceptors (Lipinski definition) is 7. The summed E-state index contributed by atoms with van der Waals surface area (Å²) in [5, 5.41) is 18.6. The Balaban J connectivity index is 2.40. The van der Waals surface area contributed by atoms with Crippen LogP contribution in [0.3, 0.4) is 0 Å². The zero-order valence-corrected chi connectivity index (χ0v) is 7.81. The van der Waals surface area contributed by atoms with Crippen LogP contribution in [0.15, 0.2) is 10.2 Å². The molecule has 1 rings (SSSR count). The van der Waals surface area contributed by atoms with Crippen molar-refractivity contribution in [3.8, 4) is 0 Å². The third-order valence-electron chi connectivity index (χ3n) is 1.94. The standard InChI is InChI=1S/C7H15N5O2/c8-7(9)4-11-12-6(7)5(14)3-10-1-2-13/h6,10,13H,1-4,8-9H2. The molecule has 0 fully saturated rings. The number of Topliss-reactive ketones (excluding diaryl/α,β-unsaturated/α-hetero) is 1. The molecular weight excluding hydrogens is 186 g/mol. The Labute approximate surface area is 81.6 Å². The van der Waals surface area contributed by atoms with Gasteiger partial charge in [0.05, 0.1) is 19.7 Å². The van der Waals surface area contributed by atoms with Crippen molar-refractivity contribution in [2.45, 2.75) is 11.7 Å². The summed E-state index contributed by atoms with van der Waals surface area (Å²) >= 11 is 0. The van der Waals surface area contributed by atoms with E-state index >= 15 is 0 Å². The summed E-state index contributed by atoms with van der Waals surface area (Å²) in [6.07, 6.45) is 0. The van der Waals surface area contributed by atoms with Crippen LogP contribution in [0.1, 0.15) is 0 Å². The molecule has 14 heavy (non-hydrogen) atoms. The topological polar surface area (TPSA) is 126 Å². The predicted octanol–water partition coefficient (Wildman–Crippen LogP) is -2.41. The number of hydrogen-bond donors (Lipinski definition) is 4. The summed E-state index contributed by atoms with van der Waals surface area (Å²) in [5.41, 5.74) is 10.1. The Morgan fingerprint density at radius 2 is 2.36 bits per heavy atom. The van der Waals surface area contributed by atoms with Gasteiger partial charge in [-0.2, -0.15) is 10.2 Å². The van der Waals surface area contributed by atoms with Crippen LogP contribution in [0.2, 0.25) is 0 Å². The van der Waals surface area contributed by atoms with E-state index in [1.165, 1.54) is 0 Å². The van der Waals surface area contributed by atoms with Crippen molar-refractivity contribution in [2.24, 2.45) is 21.7 Å². The number of ketones is 1. The van der Waals surface area contributed by atoms with Crippen LogP contribution in [0.25, 0.3) is 0 Å². The first kappa shape index (κ1) is 11.2. The van der Waals surface area contributed by atoms with Crippen LogP contribution >= 0.6 is 0 Å². The van der Waals surface area contributed by atoms with E-state index in [0.717, 1.165) is 0 Å². The molecule has 0 aromatic heterocycles. The van der Waals surface area contributed by atoms with Gasteiger partial charge in [0.15, 0.2) is 11.8 Å². The summed E-state index contributed by atoms with van der Waals surface area (Å²) in [4.78, 5) is 11.5. The quantitative estimate of drug-likeness (QED) is 0.291. The van der Waals surface area contributed by atoms with E-state index in [1.54, 1.807) is 0 Å². The van der Waals surface area contributed by atoms with Crippen LogP contribution in [0.4, 0.5) is 0 Å². The van der Waals surface area contributed by atoms with Gasteiger partial charge in [0.1, 0.15) is 5.66 Å². The fraction of sp³-hybridized carbons (Fsp3) is 0.857. The maximum Gasteiger partial charge on any atom is 0.176 e. The van der Waals surface area contributed by atoms with Crippen molar-refractivity contribution in [3.05, 3.63) is 0 Å². The fourth-order valence-corrected chi connectivity index (χ4v) is 1.19. The van der Waals surface area contributed by atoms with E-state index in [1.807, 2.05) is 0 Å². The van der Waals surface area contributed by atoms with Crippen LogP contribution in [0.5, 0.6) is 0 Å². The van der Waals surface area contributed by atoms with Gasteiger partial charge in [0, 0.05) is 6.54 Å². The zero-order chi connectivity index (χ0) is 10.6. The van der Waals surface area contributed by atoms with E-state index in [9.17, 15) is 4.79 Å². The Kier molecular flexibility index (Phi) is 3.64. The van der Waals surface area contributed by atoms with Crippen molar-refractivity contribution in [1.82, 2.24) is 5.32 Å². The Morgan fingerprint density at radius 3 is 2.86 bits per heavy atom. The van der Waals surface area contributed by atoms with Crippen molar-refractivity contribution in [1.29, 1.82) is 0 Å². The highest BCUT2D eigenvalue weighted by molar-refractivity contribution is 5.87. The Bertz CT molecular complexity index is 240. The molecule has 0 aliphatic carbocycles. The minimum atomic E-state index is -1.15.